The SMILES string of the molecule is Cc1cc(F)c([C@@H]2Cn3ccnc3[C@H]2C)c(F)c1. The van der Waals surface area contributed by atoms with Gasteiger partial charge in [0.25, 0.3) is 0 Å². The summed E-state index contributed by atoms with van der Waals surface area (Å²) >= 11 is 0. The number of aryl methyl sites for hydroxylation is 1. The van der Waals surface area contributed by atoms with E-state index in [9.17, 15) is 8.78 Å². The zero-order chi connectivity index (χ0) is 12.9. The minimum atomic E-state index is -0.449. The van der Waals surface area contributed by atoms with E-state index in [-0.39, 0.29) is 17.4 Å². The van der Waals surface area contributed by atoms with Crippen LogP contribution < -0.4 is 0 Å². The molecule has 1 aliphatic rings. The van der Waals surface area contributed by atoms with Gasteiger partial charge in [0, 0.05) is 36.3 Å². The number of rotatable bonds is 1. The van der Waals surface area contributed by atoms with Gasteiger partial charge in [0.05, 0.1) is 0 Å². The molecule has 94 valence electrons. The highest BCUT2D eigenvalue weighted by Gasteiger charge is 2.34. The molecule has 2 atom stereocenters. The molecular formula is C14H14F2N2. The molecule has 0 saturated heterocycles. The van der Waals surface area contributed by atoms with Gasteiger partial charge in [-0.15, -0.1) is 0 Å². The maximum Gasteiger partial charge on any atom is 0.129 e. The number of halogens is 2. The highest BCUT2D eigenvalue weighted by Crippen LogP contribution is 2.41. The van der Waals surface area contributed by atoms with E-state index in [2.05, 4.69) is 4.98 Å². The van der Waals surface area contributed by atoms with Crippen molar-refractivity contribution in [2.75, 3.05) is 0 Å². The highest BCUT2D eigenvalue weighted by molar-refractivity contribution is 5.32. The number of fused-ring (bicyclic) bond motifs is 1. The number of hydrogen-bond acceptors (Lipinski definition) is 1. The second-order valence-corrected chi connectivity index (χ2v) is 4.98. The second-order valence-electron chi connectivity index (χ2n) is 4.98. The van der Waals surface area contributed by atoms with Crippen LogP contribution in [-0.4, -0.2) is 9.55 Å². The van der Waals surface area contributed by atoms with E-state index in [0.717, 1.165) is 5.82 Å². The number of imidazole rings is 1. The summed E-state index contributed by atoms with van der Waals surface area (Å²) in [4.78, 5) is 4.25. The average Bonchev–Trinajstić information content (AvgIpc) is 2.82. The summed E-state index contributed by atoms with van der Waals surface area (Å²) in [7, 11) is 0. The Balaban J connectivity index is 2.06. The zero-order valence-electron chi connectivity index (χ0n) is 10.3. The third-order valence-electron chi connectivity index (χ3n) is 3.75. The van der Waals surface area contributed by atoms with Crippen LogP contribution in [0.4, 0.5) is 8.78 Å². The van der Waals surface area contributed by atoms with Gasteiger partial charge in [-0.25, -0.2) is 13.8 Å². The van der Waals surface area contributed by atoms with E-state index < -0.39 is 11.6 Å². The predicted octanol–water partition coefficient (Wildman–Crippen LogP) is 3.37. The summed E-state index contributed by atoms with van der Waals surface area (Å²) in [5.41, 5.74) is 0.802. The quantitative estimate of drug-likeness (QED) is 0.756. The highest BCUT2D eigenvalue weighted by atomic mass is 19.1. The topological polar surface area (TPSA) is 17.8 Å². The third kappa shape index (κ3) is 1.55. The minimum absolute atomic E-state index is 0.0340. The van der Waals surface area contributed by atoms with Crippen molar-refractivity contribution in [2.24, 2.45) is 0 Å². The lowest BCUT2D eigenvalue weighted by atomic mass is 9.88. The van der Waals surface area contributed by atoms with Gasteiger partial charge < -0.3 is 4.57 Å². The van der Waals surface area contributed by atoms with Gasteiger partial charge in [-0.05, 0) is 24.6 Å². The first-order chi connectivity index (χ1) is 8.58. The Bertz CT molecular complexity index is 581. The van der Waals surface area contributed by atoms with Crippen molar-refractivity contribution in [1.29, 1.82) is 0 Å². The van der Waals surface area contributed by atoms with Crippen molar-refractivity contribution in [3.05, 3.63) is 53.1 Å². The molecule has 0 fully saturated rings. The molecule has 1 aliphatic heterocycles. The summed E-state index contributed by atoms with van der Waals surface area (Å²) in [6, 6.07) is 2.79. The number of nitrogens with zero attached hydrogens (tertiary/aromatic N) is 2. The Labute approximate surface area is 104 Å². The molecule has 2 nitrogen and oxygen atoms in total. The Morgan fingerprint density at radius 1 is 1.28 bits per heavy atom. The molecule has 0 amide bonds. The number of aromatic nitrogens is 2. The van der Waals surface area contributed by atoms with Gasteiger partial charge in [0.1, 0.15) is 17.5 Å². The largest absolute Gasteiger partial charge is 0.334 e. The third-order valence-corrected chi connectivity index (χ3v) is 3.75. The first kappa shape index (κ1) is 11.4. The van der Waals surface area contributed by atoms with Crippen molar-refractivity contribution in [3.8, 4) is 0 Å². The summed E-state index contributed by atoms with van der Waals surface area (Å²) in [6.07, 6.45) is 3.58. The van der Waals surface area contributed by atoms with Crippen LogP contribution in [-0.2, 0) is 6.54 Å². The first-order valence-corrected chi connectivity index (χ1v) is 6.04. The smallest absolute Gasteiger partial charge is 0.129 e. The van der Waals surface area contributed by atoms with E-state index >= 15 is 0 Å². The fourth-order valence-corrected chi connectivity index (χ4v) is 2.83. The summed E-state index contributed by atoms with van der Waals surface area (Å²) < 4.78 is 30.0. The molecule has 0 aliphatic carbocycles. The van der Waals surface area contributed by atoms with E-state index in [4.69, 9.17) is 0 Å². The van der Waals surface area contributed by atoms with Crippen molar-refractivity contribution in [1.82, 2.24) is 9.55 Å². The van der Waals surface area contributed by atoms with E-state index in [1.165, 1.54) is 12.1 Å². The van der Waals surface area contributed by atoms with Crippen molar-refractivity contribution in [2.45, 2.75) is 32.2 Å². The normalized spacial score (nSPS) is 22.2. The Kier molecular flexibility index (Phi) is 2.47. The molecule has 0 saturated carbocycles. The Morgan fingerprint density at radius 2 is 1.94 bits per heavy atom. The fourth-order valence-electron chi connectivity index (χ4n) is 2.83. The Morgan fingerprint density at radius 3 is 2.56 bits per heavy atom. The van der Waals surface area contributed by atoms with E-state index in [1.54, 1.807) is 13.1 Å². The molecule has 3 rings (SSSR count). The van der Waals surface area contributed by atoms with Crippen LogP contribution in [0.5, 0.6) is 0 Å². The van der Waals surface area contributed by atoms with Crippen molar-refractivity contribution >= 4 is 0 Å². The maximum atomic E-state index is 14.0. The minimum Gasteiger partial charge on any atom is -0.334 e. The van der Waals surface area contributed by atoms with Gasteiger partial charge >= 0.3 is 0 Å². The van der Waals surface area contributed by atoms with Crippen LogP contribution in [0.2, 0.25) is 0 Å². The van der Waals surface area contributed by atoms with Crippen LogP contribution in [0, 0.1) is 18.6 Å². The average molecular weight is 248 g/mol. The van der Waals surface area contributed by atoms with Crippen LogP contribution >= 0.6 is 0 Å². The van der Waals surface area contributed by atoms with Gasteiger partial charge in [-0.1, -0.05) is 6.92 Å². The molecule has 0 N–H and O–H groups in total. The molecule has 4 heteroatoms. The molecule has 2 heterocycles. The lowest BCUT2D eigenvalue weighted by Gasteiger charge is -2.17. The van der Waals surface area contributed by atoms with E-state index in [0.29, 0.717) is 12.1 Å². The first-order valence-electron chi connectivity index (χ1n) is 6.04. The summed E-state index contributed by atoms with van der Waals surface area (Å²) in [5.74, 6) is -0.134. The zero-order valence-corrected chi connectivity index (χ0v) is 10.3. The van der Waals surface area contributed by atoms with E-state index in [1.807, 2.05) is 17.7 Å². The molecular weight excluding hydrogens is 234 g/mol. The second kappa shape index (κ2) is 3.90. The Hall–Kier alpha value is -1.71. The molecule has 2 aromatic rings. The molecule has 0 radical (unpaired) electrons. The van der Waals surface area contributed by atoms with Gasteiger partial charge in [-0.3, -0.25) is 0 Å². The number of hydrogen-bond donors (Lipinski definition) is 0. The standard InChI is InChI=1S/C14H14F2N2/c1-8-5-11(15)13(12(16)6-8)10-7-18-4-3-17-14(18)9(10)2/h3-6,9-10H,7H2,1-2H3/t9-,10+/m0/s1. The molecule has 1 aromatic carbocycles. The lowest BCUT2D eigenvalue weighted by Crippen LogP contribution is -2.09. The van der Waals surface area contributed by atoms with Gasteiger partial charge in [0.15, 0.2) is 0 Å². The van der Waals surface area contributed by atoms with Crippen LogP contribution in [0.25, 0.3) is 0 Å². The van der Waals surface area contributed by atoms with Crippen LogP contribution in [0.15, 0.2) is 24.5 Å². The number of benzene rings is 1. The molecule has 18 heavy (non-hydrogen) atoms. The fraction of sp³-hybridized carbons (Fsp3) is 0.357. The predicted molar refractivity (Wildman–Crippen MR) is 64.5 cm³/mol. The molecule has 0 unspecified atom stereocenters. The molecule has 0 bridgehead atoms. The monoisotopic (exact) mass is 248 g/mol. The molecule has 0 spiro atoms. The van der Waals surface area contributed by atoms with Crippen LogP contribution in [0.3, 0.4) is 0 Å². The maximum absolute atomic E-state index is 14.0. The summed E-state index contributed by atoms with van der Waals surface area (Å²) in [6.45, 7) is 4.25. The lowest BCUT2D eigenvalue weighted by molar-refractivity contribution is 0.489. The van der Waals surface area contributed by atoms with Gasteiger partial charge in [0.2, 0.25) is 0 Å². The van der Waals surface area contributed by atoms with Crippen molar-refractivity contribution < 1.29 is 8.78 Å². The molecule has 1 aromatic heterocycles. The van der Waals surface area contributed by atoms with Crippen LogP contribution in [0.1, 0.15) is 35.7 Å². The summed E-state index contributed by atoms with van der Waals surface area (Å²) in [5, 5.41) is 0. The van der Waals surface area contributed by atoms with Crippen molar-refractivity contribution in [3.63, 3.8) is 0 Å². The van der Waals surface area contributed by atoms with Gasteiger partial charge in [-0.2, -0.15) is 0 Å².